The average Bonchev–Trinajstić information content (AvgIpc) is 2.75. The first-order valence-corrected chi connectivity index (χ1v) is 7.16. The van der Waals surface area contributed by atoms with Crippen molar-refractivity contribution < 1.29 is 0 Å². The molecule has 3 atom stereocenters. The van der Waals surface area contributed by atoms with Crippen LogP contribution < -0.4 is 0 Å². The Kier molecular flexibility index (Phi) is 2.38. The minimum absolute atomic E-state index is 0.570. The van der Waals surface area contributed by atoms with Crippen molar-refractivity contribution in [1.29, 1.82) is 0 Å². The molecule has 94 valence electrons. The van der Waals surface area contributed by atoms with Crippen LogP contribution in [0.25, 0.3) is 0 Å². The summed E-state index contributed by atoms with van der Waals surface area (Å²) in [6.45, 7) is 2.31. The van der Waals surface area contributed by atoms with Gasteiger partial charge in [-0.05, 0) is 36.0 Å². The van der Waals surface area contributed by atoms with E-state index in [1.165, 1.54) is 12.0 Å². The van der Waals surface area contributed by atoms with Crippen LogP contribution in [-0.4, -0.2) is 0 Å². The van der Waals surface area contributed by atoms with Crippen molar-refractivity contribution in [2.45, 2.75) is 31.1 Å². The van der Waals surface area contributed by atoms with Gasteiger partial charge in [-0.1, -0.05) is 66.2 Å². The van der Waals surface area contributed by atoms with Gasteiger partial charge in [-0.2, -0.15) is 0 Å². The summed E-state index contributed by atoms with van der Waals surface area (Å²) in [4.78, 5) is 0. The van der Waals surface area contributed by atoms with Crippen molar-refractivity contribution in [3.63, 3.8) is 0 Å². The second kappa shape index (κ2) is 4.09. The summed E-state index contributed by atoms with van der Waals surface area (Å²) < 4.78 is 0. The molecule has 0 heteroatoms. The highest BCUT2D eigenvalue weighted by molar-refractivity contribution is 5.50. The van der Waals surface area contributed by atoms with Crippen LogP contribution in [0.4, 0.5) is 0 Å². The summed E-state index contributed by atoms with van der Waals surface area (Å²) >= 11 is 0. The van der Waals surface area contributed by atoms with Gasteiger partial charge in [0.25, 0.3) is 0 Å². The van der Waals surface area contributed by atoms with Gasteiger partial charge in [0.1, 0.15) is 0 Å². The van der Waals surface area contributed by atoms with Crippen LogP contribution in [0.3, 0.4) is 0 Å². The zero-order valence-electron chi connectivity index (χ0n) is 11.2. The van der Waals surface area contributed by atoms with Gasteiger partial charge in [0, 0.05) is 11.8 Å². The Bertz CT molecular complexity index is 636. The number of benzene rings is 2. The Balaban J connectivity index is 1.87. The van der Waals surface area contributed by atoms with Crippen molar-refractivity contribution in [1.82, 2.24) is 0 Å². The SMILES string of the molecule is CC1=C[C@@H]2C[C@@H](c3ccccc32)C1c1ccccc1. The van der Waals surface area contributed by atoms with E-state index in [0.29, 0.717) is 17.8 Å². The predicted octanol–water partition coefficient (Wildman–Crippen LogP) is 5.00. The van der Waals surface area contributed by atoms with Crippen molar-refractivity contribution >= 4 is 0 Å². The molecule has 2 bridgehead atoms. The fourth-order valence-electron chi connectivity index (χ4n) is 4.08. The first-order chi connectivity index (χ1) is 9.34. The highest BCUT2D eigenvalue weighted by Crippen LogP contribution is 2.55. The molecule has 0 aliphatic heterocycles. The van der Waals surface area contributed by atoms with Gasteiger partial charge in [0.05, 0.1) is 0 Å². The number of fused-ring (bicyclic) bond motifs is 5. The molecular weight excluding hydrogens is 228 g/mol. The van der Waals surface area contributed by atoms with Gasteiger partial charge in [0.15, 0.2) is 0 Å². The largest absolute Gasteiger partial charge is 0.0774 e. The van der Waals surface area contributed by atoms with Crippen molar-refractivity contribution in [3.05, 3.63) is 82.9 Å². The van der Waals surface area contributed by atoms with Crippen molar-refractivity contribution in [3.8, 4) is 0 Å². The zero-order chi connectivity index (χ0) is 12.8. The maximum absolute atomic E-state index is 2.50. The third-order valence-electron chi connectivity index (χ3n) is 4.82. The number of rotatable bonds is 1. The fraction of sp³-hybridized carbons (Fsp3) is 0.263. The molecule has 0 saturated heterocycles. The minimum atomic E-state index is 0.570. The Morgan fingerprint density at radius 3 is 2.32 bits per heavy atom. The zero-order valence-corrected chi connectivity index (χ0v) is 11.2. The Labute approximate surface area is 114 Å². The third kappa shape index (κ3) is 1.59. The summed E-state index contributed by atoms with van der Waals surface area (Å²) in [5, 5.41) is 0. The predicted molar refractivity (Wildman–Crippen MR) is 79.5 cm³/mol. The maximum Gasteiger partial charge on any atom is 0.0115 e. The second-order valence-corrected chi connectivity index (χ2v) is 5.88. The Morgan fingerprint density at radius 1 is 0.842 bits per heavy atom. The van der Waals surface area contributed by atoms with Crippen LogP contribution >= 0.6 is 0 Å². The lowest BCUT2D eigenvalue weighted by Gasteiger charge is -2.29. The molecule has 0 amide bonds. The Hall–Kier alpha value is -1.82. The molecule has 2 aromatic rings. The molecular formula is C19H18. The van der Waals surface area contributed by atoms with Crippen molar-refractivity contribution in [2.75, 3.05) is 0 Å². The molecule has 0 heterocycles. The third-order valence-corrected chi connectivity index (χ3v) is 4.82. The highest BCUT2D eigenvalue weighted by atomic mass is 14.4. The van der Waals surface area contributed by atoms with Gasteiger partial charge in [-0.3, -0.25) is 0 Å². The van der Waals surface area contributed by atoms with Gasteiger partial charge in [0.2, 0.25) is 0 Å². The molecule has 0 saturated carbocycles. The van der Waals surface area contributed by atoms with E-state index in [-0.39, 0.29) is 0 Å². The van der Waals surface area contributed by atoms with Crippen LogP contribution in [0.2, 0.25) is 0 Å². The molecule has 2 aliphatic rings. The van der Waals surface area contributed by atoms with Gasteiger partial charge < -0.3 is 0 Å². The lowest BCUT2D eigenvalue weighted by Crippen LogP contribution is -2.14. The van der Waals surface area contributed by atoms with E-state index in [1.54, 1.807) is 16.7 Å². The second-order valence-electron chi connectivity index (χ2n) is 5.88. The molecule has 4 rings (SSSR count). The molecule has 0 aromatic heterocycles. The molecule has 0 radical (unpaired) electrons. The molecule has 0 spiro atoms. The van der Waals surface area contributed by atoms with E-state index in [1.807, 2.05) is 0 Å². The summed E-state index contributed by atoms with van der Waals surface area (Å²) in [5.41, 5.74) is 6.15. The lowest BCUT2D eigenvalue weighted by molar-refractivity contribution is 0.540. The van der Waals surface area contributed by atoms with Crippen LogP contribution in [-0.2, 0) is 0 Å². The van der Waals surface area contributed by atoms with E-state index >= 15 is 0 Å². The maximum atomic E-state index is 2.50. The molecule has 19 heavy (non-hydrogen) atoms. The van der Waals surface area contributed by atoms with Crippen LogP contribution in [0.1, 0.15) is 47.8 Å². The first kappa shape index (κ1) is 11.0. The molecule has 1 unspecified atom stereocenters. The Morgan fingerprint density at radius 2 is 1.53 bits per heavy atom. The molecule has 0 fully saturated rings. The van der Waals surface area contributed by atoms with Crippen LogP contribution in [0.15, 0.2) is 66.2 Å². The number of hydrogen-bond donors (Lipinski definition) is 0. The monoisotopic (exact) mass is 246 g/mol. The number of allylic oxidation sites excluding steroid dienone is 2. The standard InChI is InChI=1S/C19H18/c1-13-11-15-12-18(17-10-6-5-9-16(15)17)19(13)14-7-3-2-4-8-14/h2-11,15,18-19H,12H2,1H3/t15-,18+,19?/m1/s1. The minimum Gasteiger partial charge on any atom is -0.0774 e. The summed E-state index contributed by atoms with van der Waals surface area (Å²) in [6, 6.07) is 20.0. The average molecular weight is 246 g/mol. The van der Waals surface area contributed by atoms with E-state index in [9.17, 15) is 0 Å². The summed E-state index contributed by atoms with van der Waals surface area (Å²) in [5.74, 6) is 1.90. The fourth-order valence-corrected chi connectivity index (χ4v) is 4.08. The van der Waals surface area contributed by atoms with E-state index in [4.69, 9.17) is 0 Å². The van der Waals surface area contributed by atoms with E-state index in [0.717, 1.165) is 0 Å². The normalized spacial score (nSPS) is 27.8. The summed E-state index contributed by atoms with van der Waals surface area (Å²) in [7, 11) is 0. The van der Waals surface area contributed by atoms with Gasteiger partial charge >= 0.3 is 0 Å². The topological polar surface area (TPSA) is 0 Å². The van der Waals surface area contributed by atoms with Crippen LogP contribution in [0, 0.1) is 0 Å². The smallest absolute Gasteiger partial charge is 0.0115 e. The van der Waals surface area contributed by atoms with E-state index < -0.39 is 0 Å². The van der Waals surface area contributed by atoms with Gasteiger partial charge in [-0.25, -0.2) is 0 Å². The van der Waals surface area contributed by atoms with E-state index in [2.05, 4.69) is 67.6 Å². The first-order valence-electron chi connectivity index (χ1n) is 7.16. The van der Waals surface area contributed by atoms with Gasteiger partial charge in [-0.15, -0.1) is 0 Å². The summed E-state index contributed by atoms with van der Waals surface area (Å²) in [6.07, 6.45) is 3.79. The lowest BCUT2D eigenvalue weighted by atomic mass is 9.74. The molecule has 2 aromatic carbocycles. The highest BCUT2D eigenvalue weighted by Gasteiger charge is 2.39. The number of hydrogen-bond acceptors (Lipinski definition) is 0. The molecule has 2 aliphatic carbocycles. The molecule has 0 N–H and O–H groups in total. The molecule has 0 nitrogen and oxygen atoms in total. The van der Waals surface area contributed by atoms with Crippen LogP contribution in [0.5, 0.6) is 0 Å². The quantitative estimate of drug-likeness (QED) is 0.621. The van der Waals surface area contributed by atoms with Crippen molar-refractivity contribution in [2.24, 2.45) is 0 Å².